The summed E-state index contributed by atoms with van der Waals surface area (Å²) in [5.41, 5.74) is 0. The van der Waals surface area contributed by atoms with Gasteiger partial charge in [0.25, 0.3) is 0 Å². The van der Waals surface area contributed by atoms with Gasteiger partial charge in [0.1, 0.15) is 0 Å². The van der Waals surface area contributed by atoms with E-state index < -0.39 is 0 Å². The first-order valence-corrected chi connectivity index (χ1v) is 1.76. The Balaban J connectivity index is 0. The first-order valence-electron chi connectivity index (χ1n) is 1.13. The van der Waals surface area contributed by atoms with E-state index in [2.05, 4.69) is 12.6 Å². The summed E-state index contributed by atoms with van der Waals surface area (Å²) < 4.78 is 0. The van der Waals surface area contributed by atoms with E-state index in [1.165, 1.54) is 0 Å². The van der Waals surface area contributed by atoms with Gasteiger partial charge in [-0.25, -0.2) is 0 Å². The number of hydrogen-bond acceptors (Lipinski definition) is 2. The number of rotatable bonds is 1. The molecule has 0 aliphatic carbocycles. The van der Waals surface area contributed by atoms with Crippen molar-refractivity contribution in [3.05, 3.63) is 0 Å². The van der Waals surface area contributed by atoms with E-state index >= 15 is 0 Å². The van der Waals surface area contributed by atoms with Crippen LogP contribution in [0.2, 0.25) is 0 Å². The summed E-state index contributed by atoms with van der Waals surface area (Å²) in [6, 6.07) is 0. The van der Waals surface area contributed by atoms with Crippen LogP contribution in [0.5, 0.6) is 0 Å². The molecule has 1 nitrogen and oxygen atoms in total. The SMILES string of the molecule is OCCS.[Zn]. The molecule has 0 unspecified atom stereocenters. The van der Waals surface area contributed by atoms with Crippen molar-refractivity contribution in [1.82, 2.24) is 0 Å². The van der Waals surface area contributed by atoms with E-state index in [-0.39, 0.29) is 26.1 Å². The van der Waals surface area contributed by atoms with E-state index in [9.17, 15) is 0 Å². The molecule has 0 fully saturated rings. The first-order chi connectivity index (χ1) is 1.91. The topological polar surface area (TPSA) is 20.2 Å². The van der Waals surface area contributed by atoms with Crippen LogP contribution in [-0.2, 0) is 19.5 Å². The van der Waals surface area contributed by atoms with Crippen molar-refractivity contribution < 1.29 is 24.6 Å². The van der Waals surface area contributed by atoms with Gasteiger partial charge >= 0.3 is 0 Å². The molecule has 0 amide bonds. The van der Waals surface area contributed by atoms with Crippen LogP contribution in [0.3, 0.4) is 0 Å². The zero-order valence-corrected chi connectivity index (χ0v) is 6.88. The second-order valence-electron chi connectivity index (χ2n) is 0.447. The molecular formula is C2H6OSZn. The van der Waals surface area contributed by atoms with Crippen molar-refractivity contribution >= 4 is 12.6 Å². The molecule has 0 rings (SSSR count). The Morgan fingerprint density at radius 3 is 1.80 bits per heavy atom. The molecular weight excluding hydrogens is 137 g/mol. The minimum atomic E-state index is 0. The Bertz CT molecular complexity index is 11.6. The summed E-state index contributed by atoms with van der Waals surface area (Å²) in [4.78, 5) is 0. The van der Waals surface area contributed by atoms with Gasteiger partial charge in [-0.1, -0.05) is 0 Å². The van der Waals surface area contributed by atoms with Crippen LogP contribution in [0.25, 0.3) is 0 Å². The van der Waals surface area contributed by atoms with Crippen molar-refractivity contribution in [2.75, 3.05) is 12.4 Å². The number of aliphatic hydroxyl groups excluding tert-OH is 1. The van der Waals surface area contributed by atoms with Crippen molar-refractivity contribution in [2.24, 2.45) is 0 Å². The van der Waals surface area contributed by atoms with E-state index in [4.69, 9.17) is 5.11 Å². The molecule has 3 heteroatoms. The van der Waals surface area contributed by atoms with Gasteiger partial charge in [-0.2, -0.15) is 12.6 Å². The maximum absolute atomic E-state index is 7.80. The maximum Gasteiger partial charge on any atom is 0.0519 e. The minimum absolute atomic E-state index is 0. The Morgan fingerprint density at radius 2 is 1.80 bits per heavy atom. The van der Waals surface area contributed by atoms with Crippen LogP contribution in [0.1, 0.15) is 0 Å². The van der Waals surface area contributed by atoms with Crippen LogP contribution in [0, 0.1) is 0 Å². The summed E-state index contributed by atoms with van der Waals surface area (Å²) in [5, 5.41) is 7.80. The Morgan fingerprint density at radius 1 is 1.60 bits per heavy atom. The van der Waals surface area contributed by atoms with Gasteiger partial charge < -0.3 is 5.11 Å². The van der Waals surface area contributed by atoms with Crippen molar-refractivity contribution in [2.45, 2.75) is 0 Å². The number of thiol groups is 1. The third-order valence-electron chi connectivity index (χ3n) is 0.1000. The molecule has 5 heavy (non-hydrogen) atoms. The Hall–Kier alpha value is 0.933. The molecule has 28 valence electrons. The summed E-state index contributed by atoms with van der Waals surface area (Å²) in [5.74, 6) is 0.569. The van der Waals surface area contributed by atoms with Gasteiger partial charge in [0.2, 0.25) is 0 Å². The van der Waals surface area contributed by atoms with Crippen LogP contribution in [0.15, 0.2) is 0 Å². The first kappa shape index (κ1) is 9.33. The predicted octanol–water partition coefficient (Wildman–Crippen LogP) is -0.0940. The largest absolute Gasteiger partial charge is 0.396 e. The third kappa shape index (κ3) is 11.4. The molecule has 0 atom stereocenters. The summed E-state index contributed by atoms with van der Waals surface area (Å²) in [7, 11) is 0. The van der Waals surface area contributed by atoms with E-state index in [1.807, 2.05) is 0 Å². The monoisotopic (exact) mass is 142 g/mol. The quantitative estimate of drug-likeness (QED) is 0.388. The molecule has 0 heterocycles. The third-order valence-corrected chi connectivity index (χ3v) is 0.300. The van der Waals surface area contributed by atoms with Crippen molar-refractivity contribution in [3.63, 3.8) is 0 Å². The second-order valence-corrected chi connectivity index (χ2v) is 0.894. The maximum atomic E-state index is 7.80. The minimum Gasteiger partial charge on any atom is -0.396 e. The van der Waals surface area contributed by atoms with Gasteiger partial charge in [0, 0.05) is 25.2 Å². The average molecular weight is 144 g/mol. The molecule has 0 saturated carbocycles. The van der Waals surface area contributed by atoms with Crippen LogP contribution in [0.4, 0.5) is 0 Å². The molecule has 0 aromatic carbocycles. The number of hydrogen-bond donors (Lipinski definition) is 2. The van der Waals surface area contributed by atoms with Gasteiger partial charge in [-0.15, -0.1) is 0 Å². The fourth-order valence-electron chi connectivity index (χ4n) is 0. The van der Waals surface area contributed by atoms with Crippen LogP contribution >= 0.6 is 12.6 Å². The van der Waals surface area contributed by atoms with Crippen molar-refractivity contribution in [1.29, 1.82) is 0 Å². The molecule has 0 spiro atoms. The Labute approximate surface area is 49.9 Å². The molecule has 0 aliphatic rings. The fraction of sp³-hybridized carbons (Fsp3) is 1.00. The second kappa shape index (κ2) is 8.87. The van der Waals surface area contributed by atoms with Crippen molar-refractivity contribution in [3.8, 4) is 0 Å². The van der Waals surface area contributed by atoms with Gasteiger partial charge in [-0.05, 0) is 0 Å². The summed E-state index contributed by atoms with van der Waals surface area (Å²) in [6.07, 6.45) is 0. The zero-order chi connectivity index (χ0) is 3.41. The standard InChI is InChI=1S/C2H6OS.Zn/c3-1-2-4;/h3-4H,1-2H2;. The van der Waals surface area contributed by atoms with Gasteiger partial charge in [0.05, 0.1) is 6.61 Å². The van der Waals surface area contributed by atoms with E-state index in [0.29, 0.717) is 5.75 Å². The molecule has 0 bridgehead atoms. The Kier molecular flexibility index (Phi) is 16.6. The van der Waals surface area contributed by atoms with E-state index in [0.717, 1.165) is 0 Å². The summed E-state index contributed by atoms with van der Waals surface area (Å²) >= 11 is 3.67. The van der Waals surface area contributed by atoms with Gasteiger partial charge in [-0.3, -0.25) is 0 Å². The zero-order valence-electron chi connectivity index (χ0n) is 3.02. The molecule has 0 aromatic heterocycles. The van der Waals surface area contributed by atoms with Crippen LogP contribution < -0.4 is 0 Å². The molecule has 0 saturated heterocycles. The molecule has 0 radical (unpaired) electrons. The molecule has 0 aliphatic heterocycles. The average Bonchev–Trinajstić information content (AvgIpc) is 1.37. The predicted molar refractivity (Wildman–Crippen MR) is 20.9 cm³/mol. The van der Waals surface area contributed by atoms with E-state index in [1.54, 1.807) is 0 Å². The smallest absolute Gasteiger partial charge is 0.0519 e. The normalized spacial score (nSPS) is 6.00. The van der Waals surface area contributed by atoms with Gasteiger partial charge in [0.15, 0.2) is 0 Å². The number of aliphatic hydroxyl groups is 1. The van der Waals surface area contributed by atoms with Crippen LogP contribution in [-0.4, -0.2) is 17.5 Å². The molecule has 0 aromatic rings. The summed E-state index contributed by atoms with van der Waals surface area (Å²) in [6.45, 7) is 0.184. The molecule has 1 N–H and O–H groups in total. The fourth-order valence-corrected chi connectivity index (χ4v) is 0.